The van der Waals surface area contributed by atoms with Gasteiger partial charge in [-0.15, -0.1) is 0 Å². The van der Waals surface area contributed by atoms with E-state index in [1.807, 2.05) is 16.8 Å². The fourth-order valence-corrected chi connectivity index (χ4v) is 2.72. The summed E-state index contributed by atoms with van der Waals surface area (Å²) in [7, 11) is -1.01. The molecule has 1 N–H and O–H groups in total. The van der Waals surface area contributed by atoms with Gasteiger partial charge in [-0.3, -0.25) is 4.99 Å². The fourth-order valence-electron chi connectivity index (χ4n) is 1.75. The molecule has 0 saturated carbocycles. The van der Waals surface area contributed by atoms with E-state index in [4.69, 9.17) is 16.3 Å². The highest BCUT2D eigenvalue weighted by atomic mass is 35.5. The summed E-state index contributed by atoms with van der Waals surface area (Å²) >= 11 is 6.04. The molecule has 4 nitrogen and oxygen atoms in total. The summed E-state index contributed by atoms with van der Waals surface area (Å²) in [5.41, 5.74) is 0.955. The summed E-state index contributed by atoms with van der Waals surface area (Å²) in [6.45, 7) is 8.98. The van der Waals surface area contributed by atoms with E-state index in [2.05, 4.69) is 30.0 Å². The molecule has 1 aliphatic rings. The molecule has 0 fully saturated rings. The maximum absolute atomic E-state index is 6.04. The Labute approximate surface area is 114 Å². The summed E-state index contributed by atoms with van der Waals surface area (Å²) in [6.07, 6.45) is 1.98. The van der Waals surface area contributed by atoms with Gasteiger partial charge in [-0.2, -0.15) is 0 Å². The second-order valence-electron chi connectivity index (χ2n) is 5.68. The molecule has 0 saturated heterocycles. The molecule has 0 bridgehead atoms. The average molecular weight is 286 g/mol. The SMILES string of the molecule is C[Si](C)(C)CCOCn1ccc2c1NCN=C2Cl. The van der Waals surface area contributed by atoms with Gasteiger partial charge in [0.2, 0.25) is 0 Å². The van der Waals surface area contributed by atoms with Crippen molar-refractivity contribution in [3.63, 3.8) is 0 Å². The quantitative estimate of drug-likeness (QED) is 0.667. The zero-order valence-electron chi connectivity index (χ0n) is 11.2. The lowest BCUT2D eigenvalue weighted by molar-refractivity contribution is 0.0887. The molecule has 2 heterocycles. The molecule has 2 rings (SSSR count). The zero-order valence-corrected chi connectivity index (χ0v) is 12.9. The number of anilines is 1. The average Bonchev–Trinajstić information content (AvgIpc) is 2.68. The van der Waals surface area contributed by atoms with Gasteiger partial charge < -0.3 is 14.6 Å². The summed E-state index contributed by atoms with van der Waals surface area (Å²) in [5.74, 6) is 1.00. The van der Waals surface area contributed by atoms with Crippen LogP contribution in [0.3, 0.4) is 0 Å². The summed E-state index contributed by atoms with van der Waals surface area (Å²) in [6, 6.07) is 3.15. The maximum Gasteiger partial charge on any atom is 0.136 e. The molecule has 0 aromatic carbocycles. The molecule has 0 spiro atoms. The van der Waals surface area contributed by atoms with Gasteiger partial charge in [-0.25, -0.2) is 0 Å². The number of fused-ring (bicyclic) bond motifs is 1. The maximum atomic E-state index is 6.04. The van der Waals surface area contributed by atoms with E-state index in [9.17, 15) is 0 Å². The molecule has 18 heavy (non-hydrogen) atoms. The van der Waals surface area contributed by atoms with Gasteiger partial charge in [0.1, 0.15) is 24.4 Å². The molecular weight excluding hydrogens is 266 g/mol. The lowest BCUT2D eigenvalue weighted by atomic mass is 10.3. The Bertz CT molecular complexity index is 451. The van der Waals surface area contributed by atoms with Crippen LogP contribution >= 0.6 is 11.6 Å². The highest BCUT2D eigenvalue weighted by molar-refractivity contribution is 6.76. The Morgan fingerprint density at radius 2 is 2.28 bits per heavy atom. The number of aliphatic imine (C=N–C) groups is 1. The molecule has 100 valence electrons. The first-order valence-corrected chi connectivity index (χ1v) is 10.3. The molecule has 0 unspecified atom stereocenters. The third-order valence-electron chi connectivity index (χ3n) is 2.88. The van der Waals surface area contributed by atoms with Crippen molar-refractivity contribution in [3.8, 4) is 0 Å². The molecule has 0 atom stereocenters. The number of nitrogens with zero attached hydrogens (tertiary/aromatic N) is 2. The van der Waals surface area contributed by atoms with Crippen LogP contribution in [0.25, 0.3) is 0 Å². The third kappa shape index (κ3) is 3.37. The van der Waals surface area contributed by atoms with Crippen molar-refractivity contribution in [3.05, 3.63) is 17.8 Å². The van der Waals surface area contributed by atoms with Crippen LogP contribution in [0.1, 0.15) is 5.56 Å². The first kappa shape index (κ1) is 13.6. The molecule has 1 aromatic heterocycles. The monoisotopic (exact) mass is 285 g/mol. The molecule has 1 aliphatic heterocycles. The van der Waals surface area contributed by atoms with E-state index in [1.54, 1.807) is 0 Å². The fraction of sp³-hybridized carbons (Fsp3) is 0.583. The smallest absolute Gasteiger partial charge is 0.136 e. The molecule has 6 heteroatoms. The molecule has 0 radical (unpaired) electrons. The lowest BCUT2D eigenvalue weighted by Crippen LogP contribution is -2.22. The van der Waals surface area contributed by atoms with Gasteiger partial charge in [0.15, 0.2) is 0 Å². The van der Waals surface area contributed by atoms with Crippen molar-refractivity contribution < 1.29 is 4.74 Å². The van der Waals surface area contributed by atoms with Crippen molar-refractivity contribution >= 4 is 30.7 Å². The van der Waals surface area contributed by atoms with Crippen LogP contribution in [-0.4, -0.2) is 31.1 Å². The summed E-state index contributed by atoms with van der Waals surface area (Å²) in [5, 5.41) is 3.79. The lowest BCUT2D eigenvalue weighted by Gasteiger charge is -2.18. The van der Waals surface area contributed by atoms with E-state index in [-0.39, 0.29) is 0 Å². The Hall–Kier alpha value is -0.783. The second kappa shape index (κ2) is 5.46. The number of nitrogens with one attached hydrogen (secondary N) is 1. The zero-order chi connectivity index (χ0) is 13.2. The van der Waals surface area contributed by atoms with Crippen molar-refractivity contribution in [1.82, 2.24) is 4.57 Å². The van der Waals surface area contributed by atoms with Crippen LogP contribution in [0.2, 0.25) is 25.7 Å². The number of aromatic nitrogens is 1. The Morgan fingerprint density at radius 3 is 3.00 bits per heavy atom. The summed E-state index contributed by atoms with van der Waals surface area (Å²) in [4.78, 5) is 4.14. The summed E-state index contributed by atoms with van der Waals surface area (Å²) < 4.78 is 7.77. The van der Waals surface area contributed by atoms with Crippen molar-refractivity contribution in [1.29, 1.82) is 0 Å². The van der Waals surface area contributed by atoms with Crippen LogP contribution in [0, 0.1) is 0 Å². The van der Waals surface area contributed by atoms with Crippen molar-refractivity contribution in [2.24, 2.45) is 4.99 Å². The second-order valence-corrected chi connectivity index (χ2v) is 11.7. The number of ether oxygens (including phenoxy) is 1. The molecule has 0 aliphatic carbocycles. The van der Waals surface area contributed by atoms with Crippen LogP contribution in [0.5, 0.6) is 0 Å². The van der Waals surface area contributed by atoms with Crippen LogP contribution in [-0.2, 0) is 11.5 Å². The Morgan fingerprint density at radius 1 is 1.50 bits per heavy atom. The topological polar surface area (TPSA) is 38.5 Å². The normalized spacial score (nSPS) is 15.0. The number of halogens is 1. The Balaban J connectivity index is 1.90. The number of rotatable bonds is 5. The van der Waals surface area contributed by atoms with Gasteiger partial charge in [0.25, 0.3) is 0 Å². The van der Waals surface area contributed by atoms with Gasteiger partial charge in [-0.05, 0) is 12.1 Å². The van der Waals surface area contributed by atoms with E-state index in [1.165, 1.54) is 6.04 Å². The van der Waals surface area contributed by atoms with E-state index < -0.39 is 8.07 Å². The number of hydrogen-bond donors (Lipinski definition) is 1. The number of hydrogen-bond acceptors (Lipinski definition) is 3. The first-order chi connectivity index (χ1) is 8.47. The molecule has 0 amide bonds. The van der Waals surface area contributed by atoms with Crippen LogP contribution in [0.15, 0.2) is 17.3 Å². The molecular formula is C12H20ClN3OSi. The Kier molecular flexibility index (Phi) is 4.14. The molecule has 1 aromatic rings. The van der Waals surface area contributed by atoms with Crippen LogP contribution in [0.4, 0.5) is 5.82 Å². The minimum Gasteiger partial charge on any atom is -0.361 e. The highest BCUT2D eigenvalue weighted by Gasteiger charge is 2.16. The third-order valence-corrected chi connectivity index (χ3v) is 4.90. The van der Waals surface area contributed by atoms with Crippen molar-refractivity contribution in [2.45, 2.75) is 32.4 Å². The van der Waals surface area contributed by atoms with Gasteiger partial charge in [0.05, 0.1) is 5.56 Å². The standard InChI is InChI=1S/C12H20ClN3OSi/c1-18(2,3)7-6-17-9-16-5-4-10-11(13)14-8-15-12(10)16/h4-5,15H,6-9H2,1-3H3. The van der Waals surface area contributed by atoms with Gasteiger partial charge >= 0.3 is 0 Å². The van der Waals surface area contributed by atoms with E-state index in [0.29, 0.717) is 18.6 Å². The minimum atomic E-state index is -1.01. The predicted molar refractivity (Wildman–Crippen MR) is 79.4 cm³/mol. The van der Waals surface area contributed by atoms with E-state index >= 15 is 0 Å². The van der Waals surface area contributed by atoms with E-state index in [0.717, 1.165) is 18.0 Å². The minimum absolute atomic E-state index is 0.532. The van der Waals surface area contributed by atoms with Gasteiger partial charge in [-0.1, -0.05) is 31.2 Å². The largest absolute Gasteiger partial charge is 0.361 e. The van der Waals surface area contributed by atoms with Crippen LogP contribution < -0.4 is 5.32 Å². The van der Waals surface area contributed by atoms with Crippen molar-refractivity contribution in [2.75, 3.05) is 18.6 Å². The predicted octanol–water partition coefficient (Wildman–Crippen LogP) is 3.17. The first-order valence-electron chi connectivity index (χ1n) is 6.18. The highest BCUT2D eigenvalue weighted by Crippen LogP contribution is 2.23. The van der Waals surface area contributed by atoms with Gasteiger partial charge in [0, 0.05) is 20.9 Å².